The smallest absolute Gasteiger partial charge is 0.295 e. The van der Waals surface area contributed by atoms with E-state index in [4.69, 9.17) is 23.2 Å². The van der Waals surface area contributed by atoms with E-state index >= 15 is 0 Å². The third-order valence-electron chi connectivity index (χ3n) is 4.66. The first-order valence-corrected chi connectivity index (χ1v) is 10.0. The standard InChI is InChI=1S/C23H18Cl2N4O/c1-14-5-3-6-18(13-14)26-23(30)21-27-22(16-9-11-17(24)12-10-16)29(28-21)20-8-4-7-19(25)15(20)2/h3-13H,1-2H3,(H,26,30). The minimum absolute atomic E-state index is 0.0563. The van der Waals surface area contributed by atoms with Crippen LogP contribution in [0.1, 0.15) is 21.7 Å². The Balaban J connectivity index is 1.80. The Labute approximate surface area is 184 Å². The number of aryl methyl sites for hydroxylation is 1. The van der Waals surface area contributed by atoms with E-state index in [0.717, 1.165) is 22.4 Å². The van der Waals surface area contributed by atoms with Gasteiger partial charge in [-0.3, -0.25) is 4.79 Å². The molecule has 0 atom stereocenters. The number of carbonyl (C=O) groups excluding carboxylic acids is 1. The van der Waals surface area contributed by atoms with Crippen molar-refractivity contribution in [1.29, 1.82) is 0 Å². The second-order valence-electron chi connectivity index (χ2n) is 6.89. The highest BCUT2D eigenvalue weighted by Gasteiger charge is 2.20. The van der Waals surface area contributed by atoms with Gasteiger partial charge in [-0.05, 0) is 73.5 Å². The summed E-state index contributed by atoms with van der Waals surface area (Å²) in [5, 5.41) is 8.57. The monoisotopic (exact) mass is 436 g/mol. The van der Waals surface area contributed by atoms with Gasteiger partial charge in [0, 0.05) is 21.3 Å². The van der Waals surface area contributed by atoms with E-state index in [0.29, 0.717) is 21.6 Å². The van der Waals surface area contributed by atoms with Crippen molar-refractivity contribution in [2.24, 2.45) is 0 Å². The maximum atomic E-state index is 12.9. The summed E-state index contributed by atoms with van der Waals surface area (Å²) in [6.07, 6.45) is 0. The molecule has 0 aliphatic heterocycles. The lowest BCUT2D eigenvalue weighted by Crippen LogP contribution is -2.14. The summed E-state index contributed by atoms with van der Waals surface area (Å²) in [6, 6.07) is 20.3. The van der Waals surface area contributed by atoms with Crippen LogP contribution in [0.2, 0.25) is 10.0 Å². The number of anilines is 1. The van der Waals surface area contributed by atoms with Crippen LogP contribution in [-0.2, 0) is 0 Å². The fourth-order valence-electron chi connectivity index (χ4n) is 3.10. The Bertz CT molecular complexity index is 1230. The predicted octanol–water partition coefficient (Wildman–Crippen LogP) is 6.11. The number of hydrogen-bond donors (Lipinski definition) is 1. The average Bonchev–Trinajstić information content (AvgIpc) is 3.16. The van der Waals surface area contributed by atoms with E-state index in [1.807, 2.05) is 68.4 Å². The van der Waals surface area contributed by atoms with Gasteiger partial charge in [0.05, 0.1) is 5.69 Å². The Kier molecular flexibility index (Phi) is 5.57. The molecule has 4 aromatic rings. The highest BCUT2D eigenvalue weighted by molar-refractivity contribution is 6.31. The number of aromatic nitrogens is 3. The van der Waals surface area contributed by atoms with Gasteiger partial charge < -0.3 is 5.32 Å². The minimum atomic E-state index is -0.394. The van der Waals surface area contributed by atoms with Crippen LogP contribution in [0, 0.1) is 13.8 Å². The van der Waals surface area contributed by atoms with Gasteiger partial charge in [-0.1, -0.05) is 41.4 Å². The third-order valence-corrected chi connectivity index (χ3v) is 5.32. The molecule has 3 aromatic carbocycles. The van der Waals surface area contributed by atoms with E-state index in [-0.39, 0.29) is 5.82 Å². The highest BCUT2D eigenvalue weighted by atomic mass is 35.5. The Morgan fingerprint density at radius 1 is 0.967 bits per heavy atom. The molecule has 1 aromatic heterocycles. The van der Waals surface area contributed by atoms with Crippen molar-refractivity contribution >= 4 is 34.8 Å². The number of rotatable bonds is 4. The van der Waals surface area contributed by atoms with E-state index in [2.05, 4.69) is 15.4 Å². The van der Waals surface area contributed by atoms with Gasteiger partial charge in [0.1, 0.15) is 0 Å². The van der Waals surface area contributed by atoms with Crippen molar-refractivity contribution in [3.63, 3.8) is 0 Å². The fourth-order valence-corrected chi connectivity index (χ4v) is 3.39. The maximum Gasteiger partial charge on any atom is 0.295 e. The van der Waals surface area contributed by atoms with Crippen LogP contribution in [0.15, 0.2) is 66.7 Å². The molecular formula is C23H18Cl2N4O. The molecule has 5 nitrogen and oxygen atoms in total. The van der Waals surface area contributed by atoms with Crippen LogP contribution in [-0.4, -0.2) is 20.7 Å². The van der Waals surface area contributed by atoms with E-state index in [9.17, 15) is 4.79 Å². The first-order chi connectivity index (χ1) is 14.4. The van der Waals surface area contributed by atoms with E-state index < -0.39 is 5.91 Å². The molecule has 0 unspecified atom stereocenters. The molecule has 150 valence electrons. The van der Waals surface area contributed by atoms with Gasteiger partial charge in [0.25, 0.3) is 5.91 Å². The van der Waals surface area contributed by atoms with Gasteiger partial charge in [0.15, 0.2) is 5.82 Å². The average molecular weight is 437 g/mol. The van der Waals surface area contributed by atoms with Crippen LogP contribution in [0.4, 0.5) is 5.69 Å². The van der Waals surface area contributed by atoms with Crippen molar-refractivity contribution < 1.29 is 4.79 Å². The SMILES string of the molecule is Cc1cccc(NC(=O)c2nc(-c3ccc(Cl)cc3)n(-c3cccc(Cl)c3C)n2)c1. The molecule has 0 aliphatic rings. The summed E-state index contributed by atoms with van der Waals surface area (Å²) in [4.78, 5) is 17.4. The largest absolute Gasteiger partial charge is 0.319 e. The fraction of sp³-hybridized carbons (Fsp3) is 0.0870. The molecule has 1 N–H and O–H groups in total. The lowest BCUT2D eigenvalue weighted by molar-refractivity contribution is 0.101. The molecule has 0 spiro atoms. The normalized spacial score (nSPS) is 10.8. The molecule has 1 heterocycles. The number of halogens is 2. The molecule has 0 saturated carbocycles. The topological polar surface area (TPSA) is 59.8 Å². The van der Waals surface area contributed by atoms with Gasteiger partial charge >= 0.3 is 0 Å². The Hall–Kier alpha value is -3.15. The van der Waals surface area contributed by atoms with Crippen LogP contribution < -0.4 is 5.32 Å². The lowest BCUT2D eigenvalue weighted by Gasteiger charge is -2.10. The summed E-state index contributed by atoms with van der Waals surface area (Å²) >= 11 is 12.4. The minimum Gasteiger partial charge on any atom is -0.319 e. The predicted molar refractivity (Wildman–Crippen MR) is 121 cm³/mol. The Morgan fingerprint density at radius 3 is 2.43 bits per heavy atom. The summed E-state index contributed by atoms with van der Waals surface area (Å²) in [7, 11) is 0. The third kappa shape index (κ3) is 4.08. The van der Waals surface area contributed by atoms with E-state index in [1.165, 1.54) is 0 Å². The number of amides is 1. The zero-order chi connectivity index (χ0) is 21.3. The van der Waals surface area contributed by atoms with Crippen molar-refractivity contribution in [3.8, 4) is 17.1 Å². The molecule has 0 fully saturated rings. The first kappa shape index (κ1) is 20.1. The lowest BCUT2D eigenvalue weighted by atomic mass is 10.1. The zero-order valence-electron chi connectivity index (χ0n) is 16.4. The number of carbonyl (C=O) groups is 1. The number of nitrogens with one attached hydrogen (secondary N) is 1. The second kappa shape index (κ2) is 8.30. The number of benzene rings is 3. The molecular weight excluding hydrogens is 419 g/mol. The van der Waals surface area contributed by atoms with Gasteiger partial charge in [-0.25, -0.2) is 9.67 Å². The maximum absolute atomic E-state index is 12.9. The summed E-state index contributed by atoms with van der Waals surface area (Å²) in [5.74, 6) is 0.182. The van der Waals surface area contributed by atoms with Gasteiger partial charge in [0.2, 0.25) is 5.82 Å². The summed E-state index contributed by atoms with van der Waals surface area (Å²) in [5.41, 5.74) is 4.09. The molecule has 30 heavy (non-hydrogen) atoms. The van der Waals surface area contributed by atoms with Crippen molar-refractivity contribution in [1.82, 2.24) is 14.8 Å². The van der Waals surface area contributed by atoms with Crippen molar-refractivity contribution in [2.75, 3.05) is 5.32 Å². The number of nitrogens with zero attached hydrogens (tertiary/aromatic N) is 3. The Morgan fingerprint density at radius 2 is 1.70 bits per heavy atom. The molecule has 0 radical (unpaired) electrons. The summed E-state index contributed by atoms with van der Waals surface area (Å²) < 4.78 is 1.63. The van der Waals surface area contributed by atoms with Crippen LogP contribution >= 0.6 is 23.2 Å². The molecule has 7 heteroatoms. The van der Waals surface area contributed by atoms with Gasteiger partial charge in [-0.15, -0.1) is 5.10 Å². The van der Waals surface area contributed by atoms with Crippen molar-refractivity contribution in [2.45, 2.75) is 13.8 Å². The van der Waals surface area contributed by atoms with Crippen molar-refractivity contribution in [3.05, 3.63) is 93.7 Å². The number of hydrogen-bond acceptors (Lipinski definition) is 3. The quantitative estimate of drug-likeness (QED) is 0.419. The van der Waals surface area contributed by atoms with Gasteiger partial charge in [-0.2, -0.15) is 0 Å². The highest BCUT2D eigenvalue weighted by Crippen LogP contribution is 2.27. The molecule has 4 rings (SSSR count). The molecule has 0 aliphatic carbocycles. The summed E-state index contributed by atoms with van der Waals surface area (Å²) in [6.45, 7) is 3.86. The van der Waals surface area contributed by atoms with E-state index in [1.54, 1.807) is 16.8 Å². The molecule has 0 saturated heterocycles. The van der Waals surface area contributed by atoms with Crippen LogP contribution in [0.25, 0.3) is 17.1 Å². The van der Waals surface area contributed by atoms with Crippen LogP contribution in [0.3, 0.4) is 0 Å². The zero-order valence-corrected chi connectivity index (χ0v) is 17.9. The van der Waals surface area contributed by atoms with Crippen LogP contribution in [0.5, 0.6) is 0 Å². The molecule has 0 bridgehead atoms. The molecule has 1 amide bonds. The first-order valence-electron chi connectivity index (χ1n) is 9.29. The second-order valence-corrected chi connectivity index (χ2v) is 7.73.